The predicted octanol–water partition coefficient (Wildman–Crippen LogP) is 3.56. The van der Waals surface area contributed by atoms with Gasteiger partial charge in [-0.15, -0.1) is 11.3 Å². The maximum Gasteiger partial charge on any atom is 0.252 e. The number of aromatic hydroxyl groups is 1. The van der Waals surface area contributed by atoms with Crippen molar-refractivity contribution in [3.63, 3.8) is 0 Å². The lowest BCUT2D eigenvalue weighted by atomic mass is 10.0. The maximum absolute atomic E-state index is 11.5. The Bertz CT molecular complexity index is 1090. The van der Waals surface area contributed by atoms with Gasteiger partial charge < -0.3 is 10.8 Å². The highest BCUT2D eigenvalue weighted by atomic mass is 32.1. The third kappa shape index (κ3) is 4.04. The monoisotopic (exact) mass is 394 g/mol. The zero-order chi connectivity index (χ0) is 20.3. The molecule has 144 valence electrons. The lowest BCUT2D eigenvalue weighted by Crippen LogP contribution is -2.13. The molecule has 3 N–H and O–H groups in total. The summed E-state index contributed by atoms with van der Waals surface area (Å²) < 4.78 is 1.71. The predicted molar refractivity (Wildman–Crippen MR) is 113 cm³/mol. The minimum Gasteiger partial charge on any atom is -0.507 e. The van der Waals surface area contributed by atoms with Gasteiger partial charge in [-0.3, -0.25) is 9.79 Å². The molecule has 0 bridgehead atoms. The number of aromatic nitrogens is 1. The third-order valence-electron chi connectivity index (χ3n) is 4.36. The van der Waals surface area contributed by atoms with E-state index in [-0.39, 0.29) is 11.3 Å². The molecule has 0 saturated carbocycles. The summed E-state index contributed by atoms with van der Waals surface area (Å²) in [6.45, 7) is 4.31. The molecule has 28 heavy (non-hydrogen) atoms. The molecular formula is C21H22N4O2S. The molecule has 0 atom stereocenters. The zero-order valence-corrected chi connectivity index (χ0v) is 16.8. The van der Waals surface area contributed by atoms with Crippen LogP contribution >= 0.6 is 11.3 Å². The molecule has 2 aromatic carbocycles. The van der Waals surface area contributed by atoms with Crippen LogP contribution in [0.3, 0.4) is 0 Å². The van der Waals surface area contributed by atoms with Crippen LogP contribution in [0.2, 0.25) is 0 Å². The van der Waals surface area contributed by atoms with E-state index in [1.54, 1.807) is 30.1 Å². The molecular weight excluding hydrogens is 372 g/mol. The van der Waals surface area contributed by atoms with E-state index in [1.807, 2.05) is 17.5 Å². The molecule has 0 unspecified atom stereocenters. The van der Waals surface area contributed by atoms with Crippen molar-refractivity contribution in [1.29, 1.82) is 0 Å². The van der Waals surface area contributed by atoms with Crippen LogP contribution in [0.15, 0.2) is 57.9 Å². The fraction of sp³-hybridized carbons (Fsp3) is 0.190. The second-order valence-electron chi connectivity index (χ2n) is 6.60. The van der Waals surface area contributed by atoms with Crippen LogP contribution in [0.5, 0.6) is 5.75 Å². The smallest absolute Gasteiger partial charge is 0.252 e. The van der Waals surface area contributed by atoms with E-state index < -0.39 is 5.91 Å². The van der Waals surface area contributed by atoms with Crippen LogP contribution in [0.25, 0.3) is 11.3 Å². The Hall–Kier alpha value is -3.19. The summed E-state index contributed by atoms with van der Waals surface area (Å²) in [4.78, 5) is 16.5. The second-order valence-corrected chi connectivity index (χ2v) is 7.44. The fourth-order valence-corrected chi connectivity index (χ4v) is 3.55. The average Bonchev–Trinajstić information content (AvgIpc) is 3.09. The Kier molecular flexibility index (Phi) is 5.75. The molecule has 0 radical (unpaired) electrons. The Balaban J connectivity index is 2.02. The van der Waals surface area contributed by atoms with Crippen molar-refractivity contribution in [3.05, 3.63) is 69.3 Å². The number of thiazole rings is 1. The zero-order valence-electron chi connectivity index (χ0n) is 16.0. The number of hydrogen-bond donors (Lipinski definition) is 2. The first kappa shape index (κ1) is 19.6. The number of hydrogen-bond acceptors (Lipinski definition) is 5. The molecule has 1 amide bonds. The molecule has 0 aliphatic carbocycles. The lowest BCUT2D eigenvalue weighted by Gasteiger charge is -2.07. The van der Waals surface area contributed by atoms with Crippen molar-refractivity contribution < 1.29 is 9.90 Å². The number of nitrogens with two attached hydrogens (primary N) is 1. The summed E-state index contributed by atoms with van der Waals surface area (Å²) >= 11 is 1.43. The first-order valence-corrected chi connectivity index (χ1v) is 9.69. The van der Waals surface area contributed by atoms with Gasteiger partial charge in [0.1, 0.15) is 5.75 Å². The number of primary amides is 1. The van der Waals surface area contributed by atoms with E-state index in [2.05, 4.69) is 36.1 Å². The quantitative estimate of drug-likeness (QED) is 0.648. The van der Waals surface area contributed by atoms with E-state index in [0.717, 1.165) is 11.3 Å². The normalized spacial score (nSPS) is 12.2. The molecule has 1 heterocycles. The molecule has 0 aliphatic rings. The highest BCUT2D eigenvalue weighted by Crippen LogP contribution is 2.26. The maximum atomic E-state index is 11.5. The summed E-state index contributed by atoms with van der Waals surface area (Å²) in [5.41, 5.74) is 9.13. The highest BCUT2D eigenvalue weighted by molar-refractivity contribution is 7.07. The van der Waals surface area contributed by atoms with Gasteiger partial charge >= 0.3 is 0 Å². The van der Waals surface area contributed by atoms with E-state index in [4.69, 9.17) is 5.73 Å². The van der Waals surface area contributed by atoms with E-state index in [1.165, 1.54) is 23.0 Å². The van der Waals surface area contributed by atoms with Crippen LogP contribution in [0.4, 0.5) is 0 Å². The van der Waals surface area contributed by atoms with Gasteiger partial charge in [-0.25, -0.2) is 4.68 Å². The number of amides is 1. The molecule has 0 aliphatic heterocycles. The Morgan fingerprint density at radius 1 is 1.21 bits per heavy atom. The van der Waals surface area contributed by atoms with Crippen LogP contribution in [-0.4, -0.2) is 29.0 Å². The van der Waals surface area contributed by atoms with E-state index >= 15 is 0 Å². The van der Waals surface area contributed by atoms with Crippen molar-refractivity contribution in [2.75, 3.05) is 7.05 Å². The number of carbonyl (C=O) groups excluding carboxylic acids is 1. The largest absolute Gasteiger partial charge is 0.507 e. The SMILES string of the molecule is CN=c1scc(-c2ccc(O)c(C(N)=O)c2)n1/N=C\c1ccc(C(C)C)cc1. The van der Waals surface area contributed by atoms with Crippen LogP contribution < -0.4 is 10.5 Å². The van der Waals surface area contributed by atoms with Crippen LogP contribution in [-0.2, 0) is 0 Å². The number of rotatable bonds is 5. The van der Waals surface area contributed by atoms with Gasteiger partial charge in [0.05, 0.1) is 17.5 Å². The van der Waals surface area contributed by atoms with Gasteiger partial charge in [0, 0.05) is 18.0 Å². The molecule has 0 saturated heterocycles. The molecule has 1 aromatic heterocycles. The first-order chi connectivity index (χ1) is 13.4. The van der Waals surface area contributed by atoms with Gasteiger partial charge in [0.2, 0.25) is 4.80 Å². The minimum atomic E-state index is -0.685. The van der Waals surface area contributed by atoms with Crippen molar-refractivity contribution in [1.82, 2.24) is 4.68 Å². The average molecular weight is 395 g/mol. The summed E-state index contributed by atoms with van der Waals surface area (Å²) in [6.07, 6.45) is 1.77. The summed E-state index contributed by atoms with van der Waals surface area (Å²) in [5.74, 6) is -0.356. The van der Waals surface area contributed by atoms with Crippen molar-refractivity contribution in [3.8, 4) is 17.0 Å². The minimum absolute atomic E-state index is 0.0680. The number of carbonyl (C=O) groups is 1. The van der Waals surface area contributed by atoms with Crippen molar-refractivity contribution in [2.45, 2.75) is 19.8 Å². The molecule has 6 nitrogen and oxygen atoms in total. The molecule has 0 spiro atoms. The topological polar surface area (TPSA) is 93.0 Å². The summed E-state index contributed by atoms with van der Waals surface area (Å²) in [5, 5.41) is 16.3. The first-order valence-electron chi connectivity index (χ1n) is 8.81. The van der Waals surface area contributed by atoms with Gasteiger partial charge in [-0.2, -0.15) is 5.10 Å². The van der Waals surface area contributed by atoms with Crippen molar-refractivity contribution in [2.24, 2.45) is 15.8 Å². The van der Waals surface area contributed by atoms with E-state index in [9.17, 15) is 9.90 Å². The summed E-state index contributed by atoms with van der Waals surface area (Å²) in [6, 6.07) is 13.0. The number of phenols is 1. The molecule has 0 fully saturated rings. The second kappa shape index (κ2) is 8.22. The Labute approximate surface area is 167 Å². The molecule has 3 rings (SSSR count). The molecule has 7 heteroatoms. The fourth-order valence-electron chi connectivity index (χ4n) is 2.74. The lowest BCUT2D eigenvalue weighted by molar-refractivity contribution is 0.0998. The van der Waals surface area contributed by atoms with Gasteiger partial charge in [-0.1, -0.05) is 38.1 Å². The third-order valence-corrected chi connectivity index (χ3v) is 5.27. The summed E-state index contributed by atoms with van der Waals surface area (Å²) in [7, 11) is 1.70. The number of benzene rings is 2. The number of nitrogens with zero attached hydrogens (tertiary/aromatic N) is 3. The molecule has 3 aromatic rings. The van der Waals surface area contributed by atoms with Crippen LogP contribution in [0, 0.1) is 0 Å². The van der Waals surface area contributed by atoms with E-state index in [0.29, 0.717) is 16.3 Å². The van der Waals surface area contributed by atoms with Crippen LogP contribution in [0.1, 0.15) is 41.3 Å². The standard InChI is InChI=1S/C21H22N4O2S/c1-13(2)15-6-4-14(5-7-15)11-24-25-18(12-28-21(25)23-3)16-8-9-19(26)17(10-16)20(22)27/h4-13,26H,1-3H3,(H2,22,27)/b23-21?,24-11-. The van der Waals surface area contributed by atoms with Gasteiger partial charge in [0.25, 0.3) is 5.91 Å². The highest BCUT2D eigenvalue weighted by Gasteiger charge is 2.13. The van der Waals surface area contributed by atoms with Gasteiger partial charge in [-0.05, 0) is 35.2 Å². The Morgan fingerprint density at radius 3 is 2.54 bits per heavy atom. The van der Waals surface area contributed by atoms with Crippen molar-refractivity contribution >= 4 is 23.5 Å². The Morgan fingerprint density at radius 2 is 1.93 bits per heavy atom. The van der Waals surface area contributed by atoms with Gasteiger partial charge in [0.15, 0.2) is 0 Å².